The molecule has 5 rings (SSSR count). The number of rotatable bonds is 4. The summed E-state index contributed by atoms with van der Waals surface area (Å²) in [5.41, 5.74) is 3.17. The van der Waals surface area contributed by atoms with Crippen molar-refractivity contribution in [2.45, 2.75) is 64.4 Å². The summed E-state index contributed by atoms with van der Waals surface area (Å²) in [7, 11) is 0. The van der Waals surface area contributed by atoms with Crippen molar-refractivity contribution in [3.05, 3.63) is 53.3 Å². The van der Waals surface area contributed by atoms with Crippen molar-refractivity contribution >= 4 is 5.97 Å². The number of carbonyl (C=O) groups is 1. The first-order valence-corrected chi connectivity index (χ1v) is 11.6. The van der Waals surface area contributed by atoms with Gasteiger partial charge in [-0.3, -0.25) is 4.98 Å². The van der Waals surface area contributed by atoms with Gasteiger partial charge in [-0.15, -0.1) is 0 Å². The fourth-order valence-corrected chi connectivity index (χ4v) is 6.55. The van der Waals surface area contributed by atoms with Crippen LogP contribution in [0.4, 0.5) is 0 Å². The van der Waals surface area contributed by atoms with Crippen LogP contribution < -0.4 is 9.47 Å². The average molecular weight is 422 g/mol. The molecule has 31 heavy (non-hydrogen) atoms. The molecule has 0 radical (unpaired) electrons. The molecule has 2 saturated carbocycles. The van der Waals surface area contributed by atoms with Gasteiger partial charge in [-0.1, -0.05) is 6.92 Å². The van der Waals surface area contributed by atoms with Crippen LogP contribution in [0.15, 0.2) is 36.7 Å². The Kier molecular flexibility index (Phi) is 5.25. The van der Waals surface area contributed by atoms with Crippen molar-refractivity contribution < 1.29 is 19.4 Å². The molecule has 1 heterocycles. The quantitative estimate of drug-likeness (QED) is 0.561. The second-order valence-corrected chi connectivity index (χ2v) is 9.61. The fraction of sp³-hybridized carbons (Fsp3) is 0.538. The average Bonchev–Trinajstić information content (AvgIpc) is 3.09. The third kappa shape index (κ3) is 3.43. The van der Waals surface area contributed by atoms with Crippen LogP contribution in [-0.4, -0.2) is 28.8 Å². The molecule has 5 nitrogen and oxygen atoms in total. The number of carbonyl (C=O) groups excluding carboxylic acids is 1. The number of esters is 1. The molecule has 164 valence electrons. The van der Waals surface area contributed by atoms with Crippen LogP contribution in [0.5, 0.6) is 11.5 Å². The van der Waals surface area contributed by atoms with E-state index >= 15 is 0 Å². The summed E-state index contributed by atoms with van der Waals surface area (Å²) in [6.45, 7) is 4.76. The van der Waals surface area contributed by atoms with Gasteiger partial charge < -0.3 is 14.6 Å². The minimum atomic E-state index is -0.398. The van der Waals surface area contributed by atoms with Crippen LogP contribution in [0.25, 0.3) is 0 Å². The van der Waals surface area contributed by atoms with Crippen LogP contribution in [0, 0.1) is 17.3 Å². The van der Waals surface area contributed by atoms with E-state index in [0.717, 1.165) is 38.5 Å². The topological polar surface area (TPSA) is 68.7 Å². The number of aromatic nitrogens is 1. The maximum Gasteiger partial charge on any atom is 0.343 e. The Morgan fingerprint density at radius 3 is 2.74 bits per heavy atom. The Morgan fingerprint density at radius 2 is 1.97 bits per heavy atom. The normalized spacial score (nSPS) is 31.3. The third-order valence-corrected chi connectivity index (χ3v) is 8.16. The minimum Gasteiger partial charge on any atom is -0.490 e. The maximum absolute atomic E-state index is 12.6. The highest BCUT2D eigenvalue weighted by molar-refractivity contribution is 5.91. The number of hydrogen-bond donors (Lipinski definition) is 1. The van der Waals surface area contributed by atoms with Gasteiger partial charge in [0.2, 0.25) is 0 Å². The summed E-state index contributed by atoms with van der Waals surface area (Å²) in [5, 5.41) is 10.6. The van der Waals surface area contributed by atoms with E-state index in [1.54, 1.807) is 24.5 Å². The molecular weight excluding hydrogens is 390 g/mol. The Labute approximate surface area is 183 Å². The zero-order chi connectivity index (χ0) is 21.6. The number of fused-ring (bicyclic) bond motifs is 5. The summed E-state index contributed by atoms with van der Waals surface area (Å²) in [4.78, 5) is 16.6. The zero-order valence-corrected chi connectivity index (χ0v) is 18.3. The molecule has 1 N–H and O–H groups in total. The number of aliphatic hydroxyl groups is 1. The van der Waals surface area contributed by atoms with E-state index in [2.05, 4.69) is 18.0 Å². The number of aryl methyl sites for hydroxylation is 1. The van der Waals surface area contributed by atoms with E-state index in [-0.39, 0.29) is 11.5 Å². The molecule has 0 aliphatic heterocycles. The lowest BCUT2D eigenvalue weighted by atomic mass is 9.55. The lowest BCUT2D eigenvalue weighted by molar-refractivity contribution is -0.0226. The minimum absolute atomic E-state index is 0.0709. The summed E-state index contributed by atoms with van der Waals surface area (Å²) in [5.74, 6) is 2.45. The van der Waals surface area contributed by atoms with Gasteiger partial charge in [0.1, 0.15) is 0 Å². The Bertz CT molecular complexity index is 975. The molecule has 5 heteroatoms. The van der Waals surface area contributed by atoms with Crippen LogP contribution in [0.1, 0.15) is 73.4 Å². The van der Waals surface area contributed by atoms with E-state index in [4.69, 9.17) is 9.47 Å². The van der Waals surface area contributed by atoms with Crippen LogP contribution >= 0.6 is 0 Å². The largest absolute Gasteiger partial charge is 0.490 e. The van der Waals surface area contributed by atoms with Gasteiger partial charge in [-0.25, -0.2) is 4.79 Å². The SMILES string of the molecule is CCOc1cc2c(cc1OC(=O)c1ccncc1)CC[C@@H]1[C@@H]2CC[C@]2(C)[C@@H](O)CC[C@@H]12. The number of pyridine rings is 1. The summed E-state index contributed by atoms with van der Waals surface area (Å²) >= 11 is 0. The number of benzene rings is 1. The highest BCUT2D eigenvalue weighted by Gasteiger charge is 2.54. The smallest absolute Gasteiger partial charge is 0.343 e. The number of hydrogen-bond acceptors (Lipinski definition) is 5. The molecule has 0 amide bonds. The second-order valence-electron chi connectivity index (χ2n) is 9.61. The van der Waals surface area contributed by atoms with E-state index in [0.29, 0.717) is 41.4 Å². The van der Waals surface area contributed by atoms with Crippen molar-refractivity contribution in [2.24, 2.45) is 17.3 Å². The predicted octanol–water partition coefficient (Wildman–Crippen LogP) is 4.92. The molecular formula is C26H31NO4. The predicted molar refractivity (Wildman–Crippen MR) is 117 cm³/mol. The van der Waals surface area contributed by atoms with Crippen LogP contribution in [-0.2, 0) is 6.42 Å². The van der Waals surface area contributed by atoms with Crippen molar-refractivity contribution in [1.82, 2.24) is 4.98 Å². The van der Waals surface area contributed by atoms with Crippen molar-refractivity contribution in [1.29, 1.82) is 0 Å². The van der Waals surface area contributed by atoms with Crippen molar-refractivity contribution in [3.63, 3.8) is 0 Å². The van der Waals surface area contributed by atoms with E-state index < -0.39 is 5.97 Å². The van der Waals surface area contributed by atoms with Crippen molar-refractivity contribution in [3.8, 4) is 11.5 Å². The molecule has 1 aromatic heterocycles. The van der Waals surface area contributed by atoms with E-state index in [9.17, 15) is 9.90 Å². The summed E-state index contributed by atoms with van der Waals surface area (Å²) in [6.07, 6.45) is 9.37. The molecule has 1 aromatic carbocycles. The van der Waals surface area contributed by atoms with Gasteiger partial charge in [-0.05, 0) is 104 Å². The lowest BCUT2D eigenvalue weighted by Gasteiger charge is -2.50. The zero-order valence-electron chi connectivity index (χ0n) is 18.3. The number of aliphatic hydroxyl groups excluding tert-OH is 1. The molecule has 0 saturated heterocycles. The first-order chi connectivity index (χ1) is 15.0. The molecule has 0 bridgehead atoms. The highest BCUT2D eigenvalue weighted by Crippen LogP contribution is 2.61. The molecule has 0 unspecified atom stereocenters. The number of ether oxygens (including phenoxy) is 2. The molecule has 3 aliphatic carbocycles. The van der Waals surface area contributed by atoms with Crippen molar-refractivity contribution in [2.75, 3.05) is 6.61 Å². The standard InChI is InChI=1S/C26H31NO4/c1-3-30-22-15-20-17(14-23(22)31-25(29)16-9-12-27-13-10-16)4-5-19-18(20)8-11-26(2)21(19)6-7-24(26)28/h9-10,12-15,18-19,21,24,28H,3-8,11H2,1-2H3/t18-,19+,21-,24-,26-/m0/s1. The number of nitrogens with zero attached hydrogens (tertiary/aromatic N) is 1. The monoisotopic (exact) mass is 421 g/mol. The molecule has 3 aliphatic rings. The Balaban J connectivity index is 1.46. The molecule has 5 atom stereocenters. The fourth-order valence-electron chi connectivity index (χ4n) is 6.55. The van der Waals surface area contributed by atoms with Gasteiger partial charge in [0.15, 0.2) is 11.5 Å². The van der Waals surface area contributed by atoms with Gasteiger partial charge in [-0.2, -0.15) is 0 Å². The Morgan fingerprint density at radius 1 is 1.16 bits per heavy atom. The van der Waals surface area contributed by atoms with Gasteiger partial charge >= 0.3 is 5.97 Å². The van der Waals surface area contributed by atoms with Crippen LogP contribution in [0.3, 0.4) is 0 Å². The molecule has 2 fully saturated rings. The third-order valence-electron chi connectivity index (χ3n) is 8.16. The maximum atomic E-state index is 12.6. The molecule has 2 aromatic rings. The molecule has 0 spiro atoms. The van der Waals surface area contributed by atoms with E-state index in [1.165, 1.54) is 11.1 Å². The van der Waals surface area contributed by atoms with Gasteiger partial charge in [0, 0.05) is 12.4 Å². The van der Waals surface area contributed by atoms with Crippen LogP contribution in [0.2, 0.25) is 0 Å². The van der Waals surface area contributed by atoms with E-state index in [1.807, 2.05) is 13.0 Å². The summed E-state index contributed by atoms with van der Waals surface area (Å²) < 4.78 is 11.7. The highest BCUT2D eigenvalue weighted by atomic mass is 16.6. The van der Waals surface area contributed by atoms with Gasteiger partial charge in [0.05, 0.1) is 18.3 Å². The van der Waals surface area contributed by atoms with Gasteiger partial charge in [0.25, 0.3) is 0 Å². The first kappa shape index (κ1) is 20.5. The first-order valence-electron chi connectivity index (χ1n) is 11.6. The lowest BCUT2D eigenvalue weighted by Crippen LogP contribution is -2.43. The summed E-state index contributed by atoms with van der Waals surface area (Å²) in [6, 6.07) is 7.45. The second kappa shape index (κ2) is 7.94. The Hall–Kier alpha value is -2.40.